The lowest BCUT2D eigenvalue weighted by atomic mass is 10.1. The summed E-state index contributed by atoms with van der Waals surface area (Å²) in [5, 5.41) is 9.65. The van der Waals surface area contributed by atoms with Crippen LogP contribution in [0.2, 0.25) is 5.02 Å². The lowest BCUT2D eigenvalue weighted by Gasteiger charge is -2.07. The molecule has 0 aliphatic heterocycles. The summed E-state index contributed by atoms with van der Waals surface area (Å²) in [6, 6.07) is 26.3. The number of carbonyl (C=O) groups excluding carboxylic acids is 1. The van der Waals surface area contributed by atoms with Gasteiger partial charge in [-0.1, -0.05) is 66.2 Å². The van der Waals surface area contributed by atoms with E-state index in [4.69, 9.17) is 11.6 Å². The highest BCUT2D eigenvalue weighted by Crippen LogP contribution is 2.18. The van der Waals surface area contributed by atoms with Gasteiger partial charge in [-0.3, -0.25) is 10.2 Å². The van der Waals surface area contributed by atoms with Crippen molar-refractivity contribution in [2.45, 2.75) is 6.42 Å². The number of anilines is 1. The van der Waals surface area contributed by atoms with E-state index >= 15 is 0 Å². The maximum Gasteiger partial charge on any atom is 0.272 e. The number of rotatable bonds is 7. The Labute approximate surface area is 190 Å². The zero-order valence-corrected chi connectivity index (χ0v) is 17.8. The van der Waals surface area contributed by atoms with E-state index < -0.39 is 0 Å². The van der Waals surface area contributed by atoms with E-state index in [9.17, 15) is 4.79 Å². The zero-order valence-electron chi connectivity index (χ0n) is 17.1. The fourth-order valence-corrected chi connectivity index (χ4v) is 3.30. The van der Waals surface area contributed by atoms with Crippen molar-refractivity contribution < 1.29 is 4.79 Å². The van der Waals surface area contributed by atoms with Crippen LogP contribution in [0, 0.1) is 0 Å². The highest BCUT2D eigenvalue weighted by Gasteiger charge is 2.12. The monoisotopic (exact) mass is 441 g/mol. The second-order valence-corrected chi connectivity index (χ2v) is 7.37. The van der Waals surface area contributed by atoms with E-state index in [1.807, 2.05) is 66.7 Å². The molecule has 158 valence electrons. The average Bonchev–Trinajstić information content (AvgIpc) is 2.82. The molecule has 0 atom stereocenters. The summed E-state index contributed by atoms with van der Waals surface area (Å²) in [4.78, 5) is 17.4. The Kier molecular flexibility index (Phi) is 6.84. The molecule has 6 nitrogen and oxygen atoms in total. The Morgan fingerprint density at radius 1 is 0.938 bits per heavy atom. The first-order chi connectivity index (χ1) is 15.7. The van der Waals surface area contributed by atoms with Crippen LogP contribution in [0.5, 0.6) is 0 Å². The van der Waals surface area contributed by atoms with Crippen molar-refractivity contribution in [2.24, 2.45) is 10.2 Å². The average molecular weight is 442 g/mol. The van der Waals surface area contributed by atoms with Crippen LogP contribution in [0.4, 0.5) is 5.69 Å². The van der Waals surface area contributed by atoms with Crippen LogP contribution in [0.1, 0.15) is 21.6 Å². The first-order valence-corrected chi connectivity index (χ1v) is 10.4. The van der Waals surface area contributed by atoms with Gasteiger partial charge in [0, 0.05) is 23.0 Å². The fourth-order valence-electron chi connectivity index (χ4n) is 3.11. The van der Waals surface area contributed by atoms with Crippen molar-refractivity contribution in [3.63, 3.8) is 0 Å². The van der Waals surface area contributed by atoms with Crippen LogP contribution in [-0.4, -0.2) is 23.3 Å². The number of aromatic nitrogens is 1. The number of hydrazone groups is 2. The molecule has 0 saturated carbocycles. The Bertz CT molecular complexity index is 1290. The van der Waals surface area contributed by atoms with E-state index in [0.29, 0.717) is 28.2 Å². The third kappa shape index (κ3) is 5.56. The van der Waals surface area contributed by atoms with E-state index in [0.717, 1.165) is 16.6 Å². The third-order valence-electron chi connectivity index (χ3n) is 4.62. The summed E-state index contributed by atoms with van der Waals surface area (Å²) >= 11 is 5.99. The molecule has 0 saturated heterocycles. The number of amides is 1. The predicted molar refractivity (Wildman–Crippen MR) is 131 cm³/mol. The molecule has 7 heteroatoms. The highest BCUT2D eigenvalue weighted by molar-refractivity contribution is 6.30. The van der Waals surface area contributed by atoms with Gasteiger partial charge >= 0.3 is 0 Å². The summed E-state index contributed by atoms with van der Waals surface area (Å²) in [6.45, 7) is 0. The second-order valence-electron chi connectivity index (χ2n) is 6.93. The lowest BCUT2D eigenvalue weighted by Crippen LogP contribution is -2.18. The number of para-hydroxylation sites is 1. The van der Waals surface area contributed by atoms with Crippen LogP contribution in [0.3, 0.4) is 0 Å². The molecule has 1 amide bonds. The number of carbonyl (C=O) groups is 1. The fraction of sp³-hybridized carbons (Fsp3) is 0.0400. The van der Waals surface area contributed by atoms with Gasteiger partial charge in [0.1, 0.15) is 0 Å². The first-order valence-electron chi connectivity index (χ1n) is 9.99. The largest absolute Gasteiger partial charge is 0.278 e. The van der Waals surface area contributed by atoms with E-state index in [2.05, 4.69) is 26.0 Å². The van der Waals surface area contributed by atoms with Gasteiger partial charge in [0.25, 0.3) is 5.91 Å². The molecule has 1 aromatic heterocycles. The molecule has 0 bridgehead atoms. The molecule has 0 unspecified atom stereocenters. The molecule has 3 aromatic carbocycles. The maximum absolute atomic E-state index is 12.8. The summed E-state index contributed by atoms with van der Waals surface area (Å²) in [6.07, 6.45) is 3.86. The van der Waals surface area contributed by atoms with Crippen molar-refractivity contribution in [3.05, 3.63) is 107 Å². The minimum Gasteiger partial charge on any atom is -0.278 e. The topological polar surface area (TPSA) is 78.7 Å². The molecule has 32 heavy (non-hydrogen) atoms. The molecule has 0 spiro atoms. The van der Waals surface area contributed by atoms with Gasteiger partial charge in [-0.15, -0.1) is 0 Å². The van der Waals surface area contributed by atoms with Gasteiger partial charge in [-0.25, -0.2) is 10.4 Å². The van der Waals surface area contributed by atoms with Gasteiger partial charge in [-0.05, 0) is 35.9 Å². The number of nitrogens with one attached hydrogen (secondary N) is 2. The van der Waals surface area contributed by atoms with Crippen LogP contribution < -0.4 is 10.9 Å². The molecule has 0 aliphatic rings. The Morgan fingerprint density at radius 3 is 2.59 bits per heavy atom. The molecular weight excluding hydrogens is 422 g/mol. The van der Waals surface area contributed by atoms with E-state index in [1.54, 1.807) is 30.6 Å². The molecule has 0 aliphatic carbocycles. The number of hydrogen-bond acceptors (Lipinski definition) is 5. The number of pyridine rings is 1. The molecule has 2 N–H and O–H groups in total. The standard InChI is InChI=1S/C25H20ClN5O/c26-19-9-6-10-20(15-19)30-28-17-21-16-23(22-11-4-5-12-24(22)29-21)25(32)31-27-14-13-18-7-2-1-3-8-18/h1-12,14-17,30H,13H2,(H,31,32)/b27-14-,28-17+. The van der Waals surface area contributed by atoms with Gasteiger partial charge in [0.05, 0.1) is 28.7 Å². The molecule has 0 fully saturated rings. The number of hydrogen-bond donors (Lipinski definition) is 2. The summed E-state index contributed by atoms with van der Waals surface area (Å²) in [5.74, 6) is -0.314. The van der Waals surface area contributed by atoms with Gasteiger partial charge in [-0.2, -0.15) is 10.2 Å². The van der Waals surface area contributed by atoms with Crippen LogP contribution >= 0.6 is 11.6 Å². The van der Waals surface area contributed by atoms with E-state index in [-0.39, 0.29) is 5.91 Å². The molecule has 1 heterocycles. The first kappa shape index (κ1) is 21.2. The number of fused-ring (bicyclic) bond motifs is 1. The third-order valence-corrected chi connectivity index (χ3v) is 4.86. The number of nitrogens with zero attached hydrogens (tertiary/aromatic N) is 3. The van der Waals surface area contributed by atoms with Gasteiger partial charge < -0.3 is 0 Å². The number of benzene rings is 3. The van der Waals surface area contributed by atoms with Gasteiger partial charge in [0.2, 0.25) is 0 Å². The predicted octanol–water partition coefficient (Wildman–Crippen LogP) is 5.29. The Hall–Kier alpha value is -4.03. The summed E-state index contributed by atoms with van der Waals surface area (Å²) < 4.78 is 0. The highest BCUT2D eigenvalue weighted by atomic mass is 35.5. The molecular formula is C25H20ClN5O. The molecule has 4 rings (SSSR count). The normalized spacial score (nSPS) is 11.3. The summed E-state index contributed by atoms with van der Waals surface area (Å²) in [7, 11) is 0. The zero-order chi connectivity index (χ0) is 22.2. The SMILES string of the molecule is O=C(N/N=C\Cc1ccccc1)c1cc(/C=N/Nc2cccc(Cl)c2)nc2ccccc12. The molecule has 4 aromatic rings. The number of halogens is 1. The quantitative estimate of drug-likeness (QED) is 0.302. The van der Waals surface area contributed by atoms with Crippen molar-refractivity contribution in [1.82, 2.24) is 10.4 Å². The van der Waals surface area contributed by atoms with Crippen molar-refractivity contribution in [1.29, 1.82) is 0 Å². The van der Waals surface area contributed by atoms with Crippen LogP contribution in [-0.2, 0) is 6.42 Å². The van der Waals surface area contributed by atoms with Crippen LogP contribution in [0.15, 0.2) is 95.1 Å². The summed E-state index contributed by atoms with van der Waals surface area (Å²) in [5.41, 5.74) is 9.08. The van der Waals surface area contributed by atoms with Crippen molar-refractivity contribution >= 4 is 46.5 Å². The van der Waals surface area contributed by atoms with Crippen molar-refractivity contribution in [3.8, 4) is 0 Å². The minimum atomic E-state index is -0.314. The minimum absolute atomic E-state index is 0.314. The Balaban J connectivity index is 1.51. The van der Waals surface area contributed by atoms with Crippen molar-refractivity contribution in [2.75, 3.05) is 5.43 Å². The second kappa shape index (κ2) is 10.3. The Morgan fingerprint density at radius 2 is 1.75 bits per heavy atom. The smallest absolute Gasteiger partial charge is 0.272 e. The van der Waals surface area contributed by atoms with Crippen LogP contribution in [0.25, 0.3) is 10.9 Å². The lowest BCUT2D eigenvalue weighted by molar-refractivity contribution is 0.0956. The molecule has 0 radical (unpaired) electrons. The van der Waals surface area contributed by atoms with Gasteiger partial charge in [0.15, 0.2) is 0 Å². The van der Waals surface area contributed by atoms with E-state index in [1.165, 1.54) is 0 Å². The maximum atomic E-state index is 12.8.